The van der Waals surface area contributed by atoms with E-state index in [0.29, 0.717) is 6.54 Å². The van der Waals surface area contributed by atoms with E-state index in [9.17, 15) is 5.11 Å². The van der Waals surface area contributed by atoms with Gasteiger partial charge in [-0.05, 0) is 11.6 Å². The van der Waals surface area contributed by atoms with Gasteiger partial charge in [-0.2, -0.15) is 4.57 Å². The standard InChI is InChI=1S/C20H19N2O/c23-20(18-11-5-2-6-12-18)16-21(15-17-9-3-1-4-10-17)19-13-7-8-14-22(19)20/h1-14,23H,15-16H2/q+1/t20-/m0/s1. The fraction of sp³-hybridized carbons (Fsp3) is 0.150. The average Bonchev–Trinajstić information content (AvgIpc) is 2.91. The van der Waals surface area contributed by atoms with E-state index in [-0.39, 0.29) is 0 Å². The Bertz CT molecular complexity index is 804. The summed E-state index contributed by atoms with van der Waals surface area (Å²) in [5.41, 5.74) is 1.11. The maximum atomic E-state index is 11.4. The van der Waals surface area contributed by atoms with Gasteiger partial charge in [-0.3, -0.25) is 0 Å². The van der Waals surface area contributed by atoms with Gasteiger partial charge in [0.1, 0.15) is 6.54 Å². The van der Waals surface area contributed by atoms with Crippen molar-refractivity contribution >= 4 is 5.82 Å². The van der Waals surface area contributed by atoms with Crippen LogP contribution in [0.25, 0.3) is 0 Å². The zero-order valence-corrected chi connectivity index (χ0v) is 12.8. The van der Waals surface area contributed by atoms with Crippen molar-refractivity contribution in [2.24, 2.45) is 0 Å². The molecule has 2 aromatic carbocycles. The van der Waals surface area contributed by atoms with Gasteiger partial charge in [-0.25, -0.2) is 4.90 Å². The van der Waals surface area contributed by atoms with Crippen molar-refractivity contribution in [1.82, 2.24) is 0 Å². The molecule has 3 aromatic rings. The molecule has 0 saturated carbocycles. The van der Waals surface area contributed by atoms with Gasteiger partial charge in [0.2, 0.25) is 0 Å². The molecule has 4 rings (SSSR count). The number of aliphatic hydroxyl groups is 1. The Labute approximate surface area is 136 Å². The fourth-order valence-electron chi connectivity index (χ4n) is 3.30. The van der Waals surface area contributed by atoms with Crippen LogP contribution in [0.5, 0.6) is 0 Å². The SMILES string of the molecule is O[C@]1(c2ccccc2)CN(Cc2ccccc2)c2cccc[n+]21. The van der Waals surface area contributed by atoms with Gasteiger partial charge < -0.3 is 5.11 Å². The lowest BCUT2D eigenvalue weighted by Crippen LogP contribution is -2.55. The first-order valence-electron chi connectivity index (χ1n) is 7.85. The van der Waals surface area contributed by atoms with Crippen molar-refractivity contribution in [1.29, 1.82) is 0 Å². The molecular formula is C20H19N2O+. The van der Waals surface area contributed by atoms with Crippen molar-refractivity contribution < 1.29 is 9.67 Å². The van der Waals surface area contributed by atoms with Crippen molar-refractivity contribution in [3.8, 4) is 0 Å². The van der Waals surface area contributed by atoms with Crippen LogP contribution in [0.15, 0.2) is 85.1 Å². The number of hydrogen-bond donors (Lipinski definition) is 1. The van der Waals surface area contributed by atoms with Gasteiger partial charge in [0.25, 0.3) is 11.5 Å². The van der Waals surface area contributed by atoms with E-state index in [1.165, 1.54) is 5.56 Å². The van der Waals surface area contributed by atoms with Gasteiger partial charge in [0.15, 0.2) is 6.54 Å². The lowest BCUT2D eigenvalue weighted by Gasteiger charge is -2.19. The van der Waals surface area contributed by atoms with Gasteiger partial charge in [-0.1, -0.05) is 66.7 Å². The second-order valence-corrected chi connectivity index (χ2v) is 5.95. The van der Waals surface area contributed by atoms with Crippen molar-refractivity contribution in [3.05, 3.63) is 96.2 Å². The molecule has 0 saturated heterocycles. The summed E-state index contributed by atoms with van der Waals surface area (Å²) in [6, 6.07) is 26.3. The minimum absolute atomic E-state index is 0.538. The molecule has 3 nitrogen and oxygen atoms in total. The third kappa shape index (κ3) is 2.39. The Hall–Kier alpha value is -2.65. The fourth-order valence-corrected chi connectivity index (χ4v) is 3.30. The average molecular weight is 303 g/mol. The van der Waals surface area contributed by atoms with Crippen LogP contribution < -0.4 is 9.47 Å². The zero-order valence-electron chi connectivity index (χ0n) is 12.8. The van der Waals surface area contributed by atoms with Crippen molar-refractivity contribution in [2.75, 3.05) is 11.4 Å². The van der Waals surface area contributed by atoms with E-state index in [4.69, 9.17) is 0 Å². The number of nitrogens with zero attached hydrogens (tertiary/aromatic N) is 2. The monoisotopic (exact) mass is 303 g/mol. The van der Waals surface area contributed by atoms with Crippen LogP contribution in [-0.4, -0.2) is 11.7 Å². The van der Waals surface area contributed by atoms with Gasteiger partial charge >= 0.3 is 0 Å². The molecule has 0 spiro atoms. The lowest BCUT2D eigenvalue weighted by atomic mass is 10.0. The minimum Gasteiger partial charge on any atom is -0.346 e. The topological polar surface area (TPSA) is 27.3 Å². The number of rotatable bonds is 3. The first kappa shape index (κ1) is 14.0. The number of hydrogen-bond acceptors (Lipinski definition) is 2. The van der Waals surface area contributed by atoms with Crippen molar-refractivity contribution in [3.63, 3.8) is 0 Å². The summed E-state index contributed by atoms with van der Waals surface area (Å²) < 4.78 is 1.96. The van der Waals surface area contributed by atoms with Crippen LogP contribution in [0.1, 0.15) is 11.1 Å². The second kappa shape index (κ2) is 5.52. The van der Waals surface area contributed by atoms with E-state index in [0.717, 1.165) is 17.9 Å². The molecule has 3 heteroatoms. The van der Waals surface area contributed by atoms with Crippen LogP contribution in [-0.2, 0) is 12.3 Å². The Balaban J connectivity index is 1.75. The number of anilines is 1. The summed E-state index contributed by atoms with van der Waals surface area (Å²) in [7, 11) is 0. The molecule has 1 N–H and O–H groups in total. The normalized spacial score (nSPS) is 19.6. The first-order chi connectivity index (χ1) is 11.3. The molecule has 0 aliphatic carbocycles. The molecule has 1 aliphatic heterocycles. The second-order valence-electron chi connectivity index (χ2n) is 5.95. The highest BCUT2D eigenvalue weighted by atomic mass is 16.3. The maximum absolute atomic E-state index is 11.4. The molecule has 1 aromatic heterocycles. The predicted molar refractivity (Wildman–Crippen MR) is 89.9 cm³/mol. The molecule has 1 atom stereocenters. The molecule has 0 bridgehead atoms. The van der Waals surface area contributed by atoms with Gasteiger partial charge in [0, 0.05) is 11.6 Å². The van der Waals surface area contributed by atoms with E-state index in [1.807, 2.05) is 71.4 Å². The van der Waals surface area contributed by atoms with E-state index >= 15 is 0 Å². The van der Waals surface area contributed by atoms with Crippen LogP contribution in [0.3, 0.4) is 0 Å². The van der Waals surface area contributed by atoms with Crippen LogP contribution in [0.4, 0.5) is 5.82 Å². The maximum Gasteiger partial charge on any atom is 0.279 e. The van der Waals surface area contributed by atoms with Crippen molar-refractivity contribution in [2.45, 2.75) is 12.3 Å². The van der Waals surface area contributed by atoms with E-state index in [2.05, 4.69) is 23.1 Å². The highest BCUT2D eigenvalue weighted by Gasteiger charge is 2.49. The zero-order chi connectivity index (χ0) is 15.7. The lowest BCUT2D eigenvalue weighted by molar-refractivity contribution is -0.770. The third-order valence-corrected chi connectivity index (χ3v) is 4.42. The van der Waals surface area contributed by atoms with Crippen LogP contribution >= 0.6 is 0 Å². The number of pyridine rings is 1. The summed E-state index contributed by atoms with van der Waals surface area (Å²) in [5.74, 6) is 1.03. The Morgan fingerprint density at radius 3 is 2.26 bits per heavy atom. The molecule has 1 aliphatic rings. The summed E-state index contributed by atoms with van der Waals surface area (Å²) in [5, 5.41) is 11.4. The summed E-state index contributed by atoms with van der Waals surface area (Å²) in [6.45, 7) is 1.32. The summed E-state index contributed by atoms with van der Waals surface area (Å²) >= 11 is 0. The van der Waals surface area contributed by atoms with Gasteiger partial charge in [0.05, 0.1) is 6.20 Å². The number of aromatic nitrogens is 1. The quantitative estimate of drug-likeness (QED) is 0.753. The smallest absolute Gasteiger partial charge is 0.279 e. The van der Waals surface area contributed by atoms with Crippen LogP contribution in [0.2, 0.25) is 0 Å². The molecule has 0 fully saturated rings. The molecule has 23 heavy (non-hydrogen) atoms. The number of fused-ring (bicyclic) bond motifs is 1. The van der Waals surface area contributed by atoms with E-state index < -0.39 is 5.72 Å². The largest absolute Gasteiger partial charge is 0.346 e. The number of β-amino-alcohol motifs (C(OH)–C–C–N with tert-alkyl or cyclic N) is 1. The Morgan fingerprint density at radius 2 is 1.52 bits per heavy atom. The Kier molecular flexibility index (Phi) is 3.36. The molecular weight excluding hydrogens is 284 g/mol. The minimum atomic E-state index is -1.04. The highest BCUT2D eigenvalue weighted by molar-refractivity contribution is 5.40. The Morgan fingerprint density at radius 1 is 0.870 bits per heavy atom. The first-order valence-corrected chi connectivity index (χ1v) is 7.85. The van der Waals surface area contributed by atoms with Crippen LogP contribution in [0, 0.1) is 0 Å². The van der Waals surface area contributed by atoms with Gasteiger partial charge in [-0.15, -0.1) is 0 Å². The molecule has 114 valence electrons. The molecule has 0 unspecified atom stereocenters. The third-order valence-electron chi connectivity index (χ3n) is 4.42. The predicted octanol–water partition coefficient (Wildman–Crippen LogP) is 2.69. The molecule has 0 radical (unpaired) electrons. The number of benzene rings is 2. The summed E-state index contributed by atoms with van der Waals surface area (Å²) in [6.07, 6.45) is 1.95. The summed E-state index contributed by atoms with van der Waals surface area (Å²) in [4.78, 5) is 2.22. The van der Waals surface area contributed by atoms with E-state index in [1.54, 1.807) is 0 Å². The molecule has 2 heterocycles. The highest BCUT2D eigenvalue weighted by Crippen LogP contribution is 2.30. The molecule has 0 amide bonds.